The van der Waals surface area contributed by atoms with E-state index in [-0.39, 0.29) is 51.8 Å². The first-order chi connectivity index (χ1) is 21.9. The number of rotatable bonds is 19. The van der Waals surface area contributed by atoms with Crippen molar-refractivity contribution in [2.24, 2.45) is 0 Å². The highest BCUT2D eigenvalue weighted by Crippen LogP contribution is 2.23. The molecule has 2 aliphatic heterocycles. The van der Waals surface area contributed by atoms with Gasteiger partial charge in [0.25, 0.3) is 0 Å². The Morgan fingerprint density at radius 3 is 1.61 bits per heavy atom. The molecule has 266 valence electrons. The van der Waals surface area contributed by atoms with Crippen molar-refractivity contribution in [3.8, 4) is 0 Å². The normalized spacial score (nSPS) is 31.1. The standard InChI is InChI=1S/C27H48N4O15/c1-14(34)30-20-24(40)22(38)16(11-32)45-26(20)43-8-4-3-5-18(36)28-6-7-29-19(37)13-42-9-10-44-27-21(31-15(2)35)25(41)23(39)17(12-33)46-27/h16-17,20-27,32-33,38-41H,3-13H2,1-2H3,(H,28,36)(H,29,37)(H,30,34)(H,31,35)/t16?,17?,20?,21?,22-,23-,24?,25?,26+,27+/m0/s1. The highest BCUT2D eigenvalue weighted by molar-refractivity contribution is 5.77. The SMILES string of the molecule is CC(=O)NC1C(O)[C@@H](O)C(CO)O[C@H]1OCCCCC(=O)NCCNC(=O)COCCO[C@@H]1OC(CO)[C@H](O)C(O)C1NC(C)=O. The number of carbonyl (C=O) groups excluding carboxylic acids is 4. The van der Waals surface area contributed by atoms with E-state index >= 15 is 0 Å². The van der Waals surface area contributed by atoms with E-state index in [1.54, 1.807) is 0 Å². The summed E-state index contributed by atoms with van der Waals surface area (Å²) in [5.41, 5.74) is 0. The third kappa shape index (κ3) is 12.9. The fraction of sp³-hybridized carbons (Fsp3) is 0.852. The van der Waals surface area contributed by atoms with E-state index in [0.717, 1.165) is 0 Å². The maximum Gasteiger partial charge on any atom is 0.246 e. The second kappa shape index (κ2) is 20.6. The molecular formula is C27H48N4O15. The molecule has 2 saturated heterocycles. The van der Waals surface area contributed by atoms with Gasteiger partial charge in [-0.25, -0.2) is 0 Å². The minimum absolute atomic E-state index is 0.0473. The first-order valence-corrected chi connectivity index (χ1v) is 15.0. The van der Waals surface area contributed by atoms with Crippen molar-refractivity contribution in [3.63, 3.8) is 0 Å². The third-order valence-corrected chi connectivity index (χ3v) is 7.09. The molecule has 0 bridgehead atoms. The Balaban J connectivity index is 1.55. The van der Waals surface area contributed by atoms with E-state index in [0.29, 0.717) is 12.8 Å². The zero-order valence-corrected chi connectivity index (χ0v) is 25.9. The number of aliphatic hydroxyl groups excluding tert-OH is 6. The number of unbranched alkanes of at least 4 members (excludes halogenated alkanes) is 1. The lowest BCUT2D eigenvalue weighted by Gasteiger charge is -2.42. The maximum atomic E-state index is 12.1. The van der Waals surface area contributed by atoms with Gasteiger partial charge in [0.15, 0.2) is 12.6 Å². The maximum absolute atomic E-state index is 12.1. The number of aliphatic hydroxyl groups is 6. The van der Waals surface area contributed by atoms with Crippen LogP contribution in [0.5, 0.6) is 0 Å². The Morgan fingerprint density at radius 2 is 1.13 bits per heavy atom. The summed E-state index contributed by atoms with van der Waals surface area (Å²) in [5, 5.41) is 69.4. The number of carbonyl (C=O) groups is 4. The van der Waals surface area contributed by atoms with Crippen LogP contribution in [0.4, 0.5) is 0 Å². The van der Waals surface area contributed by atoms with E-state index in [1.807, 2.05) is 0 Å². The molecule has 0 aromatic heterocycles. The Morgan fingerprint density at radius 1 is 0.652 bits per heavy atom. The molecule has 0 saturated carbocycles. The van der Waals surface area contributed by atoms with Gasteiger partial charge in [0.1, 0.15) is 55.3 Å². The average molecular weight is 669 g/mol. The molecule has 0 aliphatic carbocycles. The van der Waals surface area contributed by atoms with Gasteiger partial charge in [-0.1, -0.05) is 0 Å². The summed E-state index contributed by atoms with van der Waals surface area (Å²) in [6.45, 7) is 1.31. The topological polar surface area (TPSA) is 284 Å². The molecule has 10 N–H and O–H groups in total. The Labute approximate surface area is 265 Å². The molecule has 2 aliphatic rings. The van der Waals surface area contributed by atoms with Gasteiger partial charge in [-0.05, 0) is 12.8 Å². The van der Waals surface area contributed by atoms with Crippen molar-refractivity contribution in [1.29, 1.82) is 0 Å². The van der Waals surface area contributed by atoms with E-state index in [1.165, 1.54) is 13.8 Å². The van der Waals surface area contributed by atoms with Gasteiger partial charge in [0, 0.05) is 40.0 Å². The molecule has 2 rings (SSSR count). The molecular weight excluding hydrogens is 620 g/mol. The van der Waals surface area contributed by atoms with Crippen LogP contribution < -0.4 is 21.3 Å². The third-order valence-electron chi connectivity index (χ3n) is 7.09. The van der Waals surface area contributed by atoms with Gasteiger partial charge in [0.2, 0.25) is 23.6 Å². The van der Waals surface area contributed by atoms with E-state index in [4.69, 9.17) is 23.7 Å². The lowest BCUT2D eigenvalue weighted by Crippen LogP contribution is -2.64. The van der Waals surface area contributed by atoms with Crippen LogP contribution >= 0.6 is 0 Å². The average Bonchev–Trinajstić information content (AvgIpc) is 3.01. The molecule has 10 atom stereocenters. The van der Waals surface area contributed by atoms with Crippen LogP contribution in [0.2, 0.25) is 0 Å². The van der Waals surface area contributed by atoms with Gasteiger partial charge in [0.05, 0.1) is 26.4 Å². The number of hydrogen-bond donors (Lipinski definition) is 10. The summed E-state index contributed by atoms with van der Waals surface area (Å²) in [7, 11) is 0. The first-order valence-electron chi connectivity index (χ1n) is 15.0. The molecule has 46 heavy (non-hydrogen) atoms. The quantitative estimate of drug-likeness (QED) is 0.0574. The first kappa shape index (κ1) is 39.6. The van der Waals surface area contributed by atoms with Gasteiger partial charge >= 0.3 is 0 Å². The fourth-order valence-corrected chi connectivity index (χ4v) is 4.74. The second-order valence-electron chi connectivity index (χ2n) is 10.8. The molecule has 2 heterocycles. The molecule has 0 radical (unpaired) electrons. The Bertz CT molecular complexity index is 888. The highest BCUT2D eigenvalue weighted by Gasteiger charge is 2.46. The van der Waals surface area contributed by atoms with Gasteiger partial charge < -0.3 is 75.6 Å². The van der Waals surface area contributed by atoms with Crippen molar-refractivity contribution in [1.82, 2.24) is 21.3 Å². The van der Waals surface area contributed by atoms with Crippen LogP contribution in [0.1, 0.15) is 33.1 Å². The zero-order valence-electron chi connectivity index (χ0n) is 25.9. The van der Waals surface area contributed by atoms with Crippen molar-refractivity contribution >= 4 is 23.6 Å². The van der Waals surface area contributed by atoms with Crippen LogP contribution in [-0.4, -0.2) is 168 Å². The Hall–Kier alpha value is -2.56. The molecule has 19 nitrogen and oxygen atoms in total. The lowest BCUT2D eigenvalue weighted by atomic mass is 9.97. The number of ether oxygens (including phenoxy) is 5. The summed E-state index contributed by atoms with van der Waals surface area (Å²) in [6.07, 6.45) is -9.14. The van der Waals surface area contributed by atoms with Crippen LogP contribution in [0.3, 0.4) is 0 Å². The van der Waals surface area contributed by atoms with Crippen molar-refractivity contribution in [2.75, 3.05) is 52.7 Å². The molecule has 0 spiro atoms. The van der Waals surface area contributed by atoms with Crippen molar-refractivity contribution in [3.05, 3.63) is 0 Å². The smallest absolute Gasteiger partial charge is 0.246 e. The summed E-state index contributed by atoms with van der Waals surface area (Å²) in [6, 6.07) is -2.13. The summed E-state index contributed by atoms with van der Waals surface area (Å²) in [5.74, 6) is -1.65. The minimum atomic E-state index is -1.44. The van der Waals surface area contributed by atoms with Crippen molar-refractivity contribution in [2.45, 2.75) is 94.4 Å². The van der Waals surface area contributed by atoms with Crippen LogP contribution in [-0.2, 0) is 42.9 Å². The highest BCUT2D eigenvalue weighted by atomic mass is 16.7. The molecule has 6 unspecified atom stereocenters. The predicted octanol–water partition coefficient (Wildman–Crippen LogP) is -5.67. The number of amides is 4. The van der Waals surface area contributed by atoms with Crippen LogP contribution in [0, 0.1) is 0 Å². The Kier molecular flexibility index (Phi) is 17.8. The molecule has 19 heteroatoms. The van der Waals surface area contributed by atoms with E-state index < -0.39 is 92.2 Å². The minimum Gasteiger partial charge on any atom is -0.394 e. The summed E-state index contributed by atoms with van der Waals surface area (Å²) < 4.78 is 27.2. The van der Waals surface area contributed by atoms with Gasteiger partial charge in [-0.15, -0.1) is 0 Å². The second-order valence-corrected chi connectivity index (χ2v) is 10.8. The van der Waals surface area contributed by atoms with E-state index in [9.17, 15) is 49.8 Å². The van der Waals surface area contributed by atoms with E-state index in [2.05, 4.69) is 21.3 Å². The molecule has 0 aromatic carbocycles. The van der Waals surface area contributed by atoms with Crippen LogP contribution in [0.15, 0.2) is 0 Å². The van der Waals surface area contributed by atoms with Crippen LogP contribution in [0.25, 0.3) is 0 Å². The monoisotopic (exact) mass is 668 g/mol. The molecule has 4 amide bonds. The fourth-order valence-electron chi connectivity index (χ4n) is 4.74. The largest absolute Gasteiger partial charge is 0.394 e. The summed E-state index contributed by atoms with van der Waals surface area (Å²) in [4.78, 5) is 47.0. The van der Waals surface area contributed by atoms with Gasteiger partial charge in [-0.2, -0.15) is 0 Å². The number of hydrogen-bond acceptors (Lipinski definition) is 15. The van der Waals surface area contributed by atoms with Gasteiger partial charge in [-0.3, -0.25) is 19.2 Å². The predicted molar refractivity (Wildman–Crippen MR) is 153 cm³/mol. The number of nitrogens with one attached hydrogen (secondary N) is 4. The lowest BCUT2D eigenvalue weighted by molar-refractivity contribution is -0.271. The molecule has 0 aromatic rings. The zero-order chi connectivity index (χ0) is 34.2. The van der Waals surface area contributed by atoms with Crippen molar-refractivity contribution < 1.29 is 73.5 Å². The molecule has 2 fully saturated rings. The summed E-state index contributed by atoms with van der Waals surface area (Å²) >= 11 is 0.